The van der Waals surface area contributed by atoms with Gasteiger partial charge in [-0.1, -0.05) is 88.4 Å². The predicted octanol–water partition coefficient (Wildman–Crippen LogP) is 7.49. The molecule has 0 aliphatic heterocycles. The van der Waals surface area contributed by atoms with Gasteiger partial charge < -0.3 is 9.40 Å². The largest absolute Gasteiger partial charge is 0.410 e. The maximum atomic E-state index is 6.01. The van der Waals surface area contributed by atoms with Crippen LogP contribution < -0.4 is 0 Å². The Bertz CT molecular complexity index is 1590. The Labute approximate surface area is 202 Å². The fourth-order valence-electron chi connectivity index (χ4n) is 3.90. The van der Waals surface area contributed by atoms with Crippen molar-refractivity contribution in [2.24, 2.45) is 0 Å². The quantitative estimate of drug-likeness (QED) is 0.242. The minimum Gasteiger partial charge on any atom is -0.410 e. The summed E-state index contributed by atoms with van der Waals surface area (Å²) in [6.07, 6.45) is 0. The molecule has 0 saturated heterocycles. The first kappa shape index (κ1) is 20.2. The lowest BCUT2D eigenvalue weighted by molar-refractivity contribution is 0.464. The highest BCUT2D eigenvalue weighted by Gasteiger charge is 2.17. The molecule has 0 spiro atoms. The second kappa shape index (κ2) is 8.50. The molecule has 5 nitrogen and oxygen atoms in total. The standard InChI is InChI=1S/C26H17BrN4OS/c27-18-10-6-7-16(13-18)15-33-26-31-30-25(32-26)22-14-20-19-11-4-5-12-21(19)28-24(20)23(29-22)17-8-2-1-3-9-17/h1-14,28H,15H2. The summed E-state index contributed by atoms with van der Waals surface area (Å²) < 4.78 is 7.06. The van der Waals surface area contributed by atoms with Crippen molar-refractivity contribution in [1.82, 2.24) is 20.2 Å². The van der Waals surface area contributed by atoms with Gasteiger partial charge in [-0.05, 0) is 29.8 Å². The third-order valence-corrected chi connectivity index (χ3v) is 6.80. The Morgan fingerprint density at radius 3 is 2.58 bits per heavy atom. The highest BCUT2D eigenvalue weighted by atomic mass is 79.9. The van der Waals surface area contributed by atoms with Gasteiger partial charge >= 0.3 is 0 Å². The monoisotopic (exact) mass is 512 g/mol. The fourth-order valence-corrected chi connectivity index (χ4v) is 5.06. The van der Waals surface area contributed by atoms with Crippen LogP contribution in [0.15, 0.2) is 99.0 Å². The Morgan fingerprint density at radius 2 is 1.70 bits per heavy atom. The van der Waals surface area contributed by atoms with Crippen LogP contribution in [0.5, 0.6) is 0 Å². The Hall–Kier alpha value is -3.42. The van der Waals surface area contributed by atoms with Crippen LogP contribution in [0.25, 0.3) is 44.6 Å². The van der Waals surface area contributed by atoms with Crippen molar-refractivity contribution < 1.29 is 4.42 Å². The number of rotatable bonds is 5. The number of hydrogen-bond acceptors (Lipinski definition) is 5. The summed E-state index contributed by atoms with van der Waals surface area (Å²) in [4.78, 5) is 8.47. The van der Waals surface area contributed by atoms with E-state index in [2.05, 4.69) is 67.5 Å². The maximum absolute atomic E-state index is 6.01. The van der Waals surface area contributed by atoms with Crippen molar-refractivity contribution in [2.45, 2.75) is 11.0 Å². The van der Waals surface area contributed by atoms with E-state index in [4.69, 9.17) is 9.40 Å². The molecule has 33 heavy (non-hydrogen) atoms. The molecule has 3 heterocycles. The number of para-hydroxylation sites is 1. The van der Waals surface area contributed by atoms with E-state index in [0.29, 0.717) is 16.8 Å². The number of thioether (sulfide) groups is 1. The molecule has 0 aliphatic rings. The molecule has 160 valence electrons. The minimum atomic E-state index is 0.413. The molecule has 6 rings (SSSR count). The molecule has 0 radical (unpaired) electrons. The molecule has 3 aromatic carbocycles. The van der Waals surface area contributed by atoms with Crippen LogP contribution in [0.3, 0.4) is 0 Å². The van der Waals surface area contributed by atoms with E-state index in [1.807, 2.05) is 48.5 Å². The van der Waals surface area contributed by atoms with E-state index >= 15 is 0 Å². The maximum Gasteiger partial charge on any atom is 0.277 e. The van der Waals surface area contributed by atoms with Crippen molar-refractivity contribution in [1.29, 1.82) is 0 Å². The van der Waals surface area contributed by atoms with Gasteiger partial charge in [0, 0.05) is 32.1 Å². The van der Waals surface area contributed by atoms with Gasteiger partial charge in [-0.2, -0.15) is 0 Å². The zero-order chi connectivity index (χ0) is 22.2. The van der Waals surface area contributed by atoms with Gasteiger partial charge in [-0.15, -0.1) is 10.2 Å². The van der Waals surface area contributed by atoms with E-state index < -0.39 is 0 Å². The average molecular weight is 513 g/mol. The van der Waals surface area contributed by atoms with Gasteiger partial charge in [0.05, 0.1) is 11.2 Å². The summed E-state index contributed by atoms with van der Waals surface area (Å²) in [6.45, 7) is 0. The van der Waals surface area contributed by atoms with E-state index in [1.54, 1.807) is 0 Å². The summed E-state index contributed by atoms with van der Waals surface area (Å²) in [7, 11) is 0. The third kappa shape index (κ3) is 3.94. The number of aromatic nitrogens is 4. The Kier molecular flexibility index (Phi) is 5.20. The van der Waals surface area contributed by atoms with Crippen LogP contribution in [-0.2, 0) is 5.75 Å². The van der Waals surface area contributed by atoms with E-state index in [0.717, 1.165) is 43.3 Å². The van der Waals surface area contributed by atoms with Gasteiger partial charge in [0.15, 0.2) is 0 Å². The van der Waals surface area contributed by atoms with Gasteiger partial charge in [0.25, 0.3) is 11.1 Å². The number of benzene rings is 3. The first-order chi connectivity index (χ1) is 16.2. The van der Waals surface area contributed by atoms with Gasteiger partial charge in [-0.25, -0.2) is 4.98 Å². The molecule has 1 N–H and O–H groups in total. The molecule has 0 fully saturated rings. The zero-order valence-corrected chi connectivity index (χ0v) is 19.7. The Morgan fingerprint density at radius 1 is 0.848 bits per heavy atom. The topological polar surface area (TPSA) is 67.6 Å². The molecule has 0 amide bonds. The summed E-state index contributed by atoms with van der Waals surface area (Å²) in [5.74, 6) is 1.15. The van der Waals surface area contributed by atoms with E-state index in [9.17, 15) is 0 Å². The summed E-state index contributed by atoms with van der Waals surface area (Å²) in [5.41, 5.74) is 5.79. The third-order valence-electron chi connectivity index (χ3n) is 5.42. The van der Waals surface area contributed by atoms with Gasteiger partial charge in [0.1, 0.15) is 5.69 Å². The minimum absolute atomic E-state index is 0.413. The molecule has 0 atom stereocenters. The van der Waals surface area contributed by atoms with E-state index in [1.165, 1.54) is 17.3 Å². The zero-order valence-electron chi connectivity index (χ0n) is 17.3. The number of pyridine rings is 1. The lowest BCUT2D eigenvalue weighted by Gasteiger charge is -2.05. The summed E-state index contributed by atoms with van der Waals surface area (Å²) >= 11 is 5.02. The van der Waals surface area contributed by atoms with Crippen LogP contribution in [0, 0.1) is 0 Å². The number of nitrogens with one attached hydrogen (secondary N) is 1. The molecule has 3 aromatic heterocycles. The van der Waals surface area contributed by atoms with Crippen molar-refractivity contribution in [3.05, 3.63) is 95.0 Å². The van der Waals surface area contributed by atoms with Crippen molar-refractivity contribution >= 4 is 49.5 Å². The van der Waals surface area contributed by atoms with Crippen LogP contribution in [-0.4, -0.2) is 20.2 Å². The van der Waals surface area contributed by atoms with Crippen LogP contribution in [0.1, 0.15) is 5.56 Å². The number of halogens is 1. The fraction of sp³-hybridized carbons (Fsp3) is 0.0385. The van der Waals surface area contributed by atoms with E-state index in [-0.39, 0.29) is 0 Å². The summed E-state index contributed by atoms with van der Waals surface area (Å²) in [6, 6.07) is 28.6. The molecular weight excluding hydrogens is 496 g/mol. The predicted molar refractivity (Wildman–Crippen MR) is 136 cm³/mol. The first-order valence-corrected chi connectivity index (χ1v) is 12.2. The number of H-pyrrole nitrogens is 1. The number of fused-ring (bicyclic) bond motifs is 3. The Balaban J connectivity index is 1.42. The molecule has 6 aromatic rings. The van der Waals surface area contributed by atoms with Crippen LogP contribution in [0.2, 0.25) is 0 Å². The molecule has 0 unspecified atom stereocenters. The highest BCUT2D eigenvalue weighted by Crippen LogP contribution is 2.35. The normalized spacial score (nSPS) is 11.4. The average Bonchev–Trinajstić information content (AvgIpc) is 3.48. The van der Waals surface area contributed by atoms with Crippen molar-refractivity contribution in [3.8, 4) is 22.8 Å². The molecule has 0 aliphatic carbocycles. The molecule has 0 saturated carbocycles. The number of hydrogen-bond donors (Lipinski definition) is 1. The smallest absolute Gasteiger partial charge is 0.277 e. The molecule has 7 heteroatoms. The lowest BCUT2D eigenvalue weighted by atomic mass is 10.1. The molecule has 0 bridgehead atoms. The number of aromatic amines is 1. The second-order valence-electron chi connectivity index (χ2n) is 7.61. The van der Waals surface area contributed by atoms with Gasteiger partial charge in [-0.3, -0.25) is 0 Å². The number of nitrogens with zero attached hydrogens (tertiary/aromatic N) is 3. The molecular formula is C26H17BrN4OS. The summed E-state index contributed by atoms with van der Waals surface area (Å²) in [5, 5.41) is 11.3. The second-order valence-corrected chi connectivity index (χ2v) is 9.45. The SMILES string of the molecule is Brc1cccc(CSc2nnc(-c3cc4c([nH]c5ccccc54)c(-c4ccccc4)n3)o2)c1. The van der Waals surface area contributed by atoms with Crippen molar-refractivity contribution in [3.63, 3.8) is 0 Å². The van der Waals surface area contributed by atoms with Gasteiger partial charge in [0.2, 0.25) is 0 Å². The first-order valence-electron chi connectivity index (χ1n) is 10.4. The lowest BCUT2D eigenvalue weighted by Crippen LogP contribution is -1.90. The van der Waals surface area contributed by atoms with Crippen LogP contribution in [0.4, 0.5) is 0 Å². The van der Waals surface area contributed by atoms with Crippen molar-refractivity contribution in [2.75, 3.05) is 0 Å². The highest BCUT2D eigenvalue weighted by molar-refractivity contribution is 9.10. The van der Waals surface area contributed by atoms with Crippen LogP contribution >= 0.6 is 27.7 Å².